The summed E-state index contributed by atoms with van der Waals surface area (Å²) in [5, 5.41) is 0. The average Bonchev–Trinajstić information content (AvgIpc) is 2.17. The lowest BCUT2D eigenvalue weighted by Gasteiger charge is -2.23. The van der Waals surface area contributed by atoms with Crippen LogP contribution < -0.4 is 0 Å². The molecule has 2 rings (SSSR count). The minimum atomic E-state index is 1.22. The van der Waals surface area contributed by atoms with Crippen LogP contribution in [-0.4, -0.2) is 0 Å². The number of hydrogen-bond acceptors (Lipinski definition) is 0. The smallest absolute Gasteiger partial charge is 0.00500 e. The Morgan fingerprint density at radius 2 is 2.00 bits per heavy atom. The van der Waals surface area contributed by atoms with E-state index >= 15 is 0 Å². The highest BCUT2D eigenvalue weighted by atomic mass is 14.2. The third-order valence-electron chi connectivity index (χ3n) is 2.75. The molecule has 1 aromatic rings. The second-order valence-corrected chi connectivity index (χ2v) is 3.47. The van der Waals surface area contributed by atoms with E-state index < -0.39 is 0 Å². The fourth-order valence-corrected chi connectivity index (χ4v) is 2.08. The van der Waals surface area contributed by atoms with Crippen LogP contribution in [0.25, 0.3) is 0 Å². The first-order chi connectivity index (χ1) is 5.92. The summed E-state index contributed by atoms with van der Waals surface area (Å²) in [7, 11) is 0. The summed E-state index contributed by atoms with van der Waals surface area (Å²) in [6.45, 7) is 2.26. The van der Waals surface area contributed by atoms with Gasteiger partial charge in [0.05, 0.1) is 0 Å². The topological polar surface area (TPSA) is 0 Å². The fraction of sp³-hybridized carbons (Fsp3) is 0.417. The Morgan fingerprint density at radius 3 is 2.83 bits per heavy atom. The molecule has 0 heterocycles. The number of aryl methyl sites for hydroxylation is 1. The molecule has 12 heavy (non-hydrogen) atoms. The molecule has 0 aliphatic heterocycles. The van der Waals surface area contributed by atoms with Crippen molar-refractivity contribution in [3.63, 3.8) is 0 Å². The Balaban J connectivity index is 2.37. The summed E-state index contributed by atoms with van der Waals surface area (Å²) in [6.07, 6.45) is 5.16. The highest BCUT2D eigenvalue weighted by Crippen LogP contribution is 2.32. The van der Waals surface area contributed by atoms with Crippen molar-refractivity contribution >= 4 is 0 Å². The van der Waals surface area contributed by atoms with Crippen LogP contribution in [0.15, 0.2) is 24.3 Å². The lowest BCUT2D eigenvalue weighted by atomic mass is 9.81. The number of fused-ring (bicyclic) bond motifs is 1. The van der Waals surface area contributed by atoms with Crippen molar-refractivity contribution in [3.05, 3.63) is 41.3 Å². The predicted molar refractivity (Wildman–Crippen MR) is 52.0 cm³/mol. The van der Waals surface area contributed by atoms with Gasteiger partial charge in [-0.15, -0.1) is 0 Å². The van der Waals surface area contributed by atoms with Crippen LogP contribution in [0.4, 0.5) is 0 Å². The molecule has 0 nitrogen and oxygen atoms in total. The van der Waals surface area contributed by atoms with Gasteiger partial charge < -0.3 is 0 Å². The first kappa shape index (κ1) is 7.85. The van der Waals surface area contributed by atoms with Gasteiger partial charge in [0.15, 0.2) is 0 Å². The lowest BCUT2D eigenvalue weighted by molar-refractivity contribution is 0.680. The van der Waals surface area contributed by atoms with Gasteiger partial charge in [-0.05, 0) is 36.8 Å². The van der Waals surface area contributed by atoms with E-state index in [0.717, 1.165) is 0 Å². The summed E-state index contributed by atoms with van der Waals surface area (Å²) in [4.78, 5) is 0. The molecular formula is C12H15. The van der Waals surface area contributed by atoms with E-state index in [1.165, 1.54) is 31.2 Å². The molecular weight excluding hydrogens is 144 g/mol. The fourth-order valence-electron chi connectivity index (χ4n) is 2.08. The third-order valence-corrected chi connectivity index (χ3v) is 2.75. The van der Waals surface area contributed by atoms with Gasteiger partial charge in [0.25, 0.3) is 0 Å². The van der Waals surface area contributed by atoms with Crippen molar-refractivity contribution in [1.29, 1.82) is 0 Å². The summed E-state index contributed by atoms with van der Waals surface area (Å²) in [5.41, 5.74) is 3.09. The van der Waals surface area contributed by atoms with Crippen molar-refractivity contribution in [1.82, 2.24) is 0 Å². The summed E-state index contributed by atoms with van der Waals surface area (Å²) >= 11 is 0. The van der Waals surface area contributed by atoms with Crippen LogP contribution in [0.3, 0.4) is 0 Å². The van der Waals surface area contributed by atoms with Crippen molar-refractivity contribution in [2.24, 2.45) is 0 Å². The van der Waals surface area contributed by atoms with E-state index in [0.29, 0.717) is 0 Å². The molecule has 0 saturated heterocycles. The molecule has 1 radical (unpaired) electrons. The molecule has 0 saturated carbocycles. The molecule has 0 spiro atoms. The summed E-state index contributed by atoms with van der Waals surface area (Å²) < 4.78 is 0. The summed E-state index contributed by atoms with van der Waals surface area (Å²) in [6, 6.07) is 8.84. The number of hydrogen-bond donors (Lipinski definition) is 0. The maximum atomic E-state index is 2.27. The van der Waals surface area contributed by atoms with Gasteiger partial charge in [0, 0.05) is 5.92 Å². The summed E-state index contributed by atoms with van der Waals surface area (Å²) in [5.74, 6) is 1.65. The van der Waals surface area contributed by atoms with Crippen LogP contribution in [-0.2, 0) is 6.42 Å². The van der Waals surface area contributed by atoms with Crippen LogP contribution in [0.2, 0.25) is 0 Å². The normalized spacial score (nSPS) is 17.4. The molecule has 0 fully saturated rings. The molecule has 0 unspecified atom stereocenters. The van der Waals surface area contributed by atoms with Gasteiger partial charge in [-0.1, -0.05) is 31.2 Å². The molecule has 0 aromatic heterocycles. The minimum absolute atomic E-state index is 1.22. The molecule has 1 aliphatic rings. The molecule has 63 valence electrons. The maximum absolute atomic E-state index is 2.27. The monoisotopic (exact) mass is 159 g/mol. The van der Waals surface area contributed by atoms with Crippen molar-refractivity contribution < 1.29 is 0 Å². The Labute approximate surface area is 74.6 Å². The van der Waals surface area contributed by atoms with Crippen LogP contribution in [0, 0.1) is 5.92 Å². The minimum Gasteiger partial charge on any atom is -0.0645 e. The van der Waals surface area contributed by atoms with E-state index in [2.05, 4.69) is 31.2 Å². The van der Waals surface area contributed by atoms with Crippen LogP contribution >= 0.6 is 0 Å². The first-order valence-electron chi connectivity index (χ1n) is 4.85. The van der Waals surface area contributed by atoms with E-state index in [1.54, 1.807) is 11.5 Å². The van der Waals surface area contributed by atoms with E-state index in [9.17, 15) is 0 Å². The Morgan fingerprint density at radius 1 is 1.17 bits per heavy atom. The number of benzene rings is 1. The number of rotatable bonds is 1. The van der Waals surface area contributed by atoms with E-state index in [1.807, 2.05) is 0 Å². The zero-order valence-electron chi connectivity index (χ0n) is 7.64. The zero-order chi connectivity index (χ0) is 8.39. The SMILES string of the molecule is CC[C]1CCCc2ccccc21. The van der Waals surface area contributed by atoms with Gasteiger partial charge in [-0.2, -0.15) is 0 Å². The van der Waals surface area contributed by atoms with Crippen molar-refractivity contribution in [3.8, 4) is 0 Å². The van der Waals surface area contributed by atoms with Gasteiger partial charge in [0.1, 0.15) is 0 Å². The molecule has 0 heteroatoms. The molecule has 1 aliphatic carbocycles. The average molecular weight is 159 g/mol. The van der Waals surface area contributed by atoms with Gasteiger partial charge >= 0.3 is 0 Å². The van der Waals surface area contributed by atoms with Crippen LogP contribution in [0.5, 0.6) is 0 Å². The quantitative estimate of drug-likeness (QED) is 0.589. The molecule has 0 bridgehead atoms. The molecule has 0 atom stereocenters. The molecule has 0 amide bonds. The largest absolute Gasteiger partial charge is 0.0645 e. The first-order valence-corrected chi connectivity index (χ1v) is 4.85. The van der Waals surface area contributed by atoms with Crippen molar-refractivity contribution in [2.45, 2.75) is 32.6 Å². The predicted octanol–water partition coefficient (Wildman–Crippen LogP) is 3.36. The molecule has 0 N–H and O–H groups in total. The van der Waals surface area contributed by atoms with Crippen molar-refractivity contribution in [2.75, 3.05) is 0 Å². The third kappa shape index (κ3) is 1.26. The molecule has 1 aromatic carbocycles. The Hall–Kier alpha value is -0.780. The second kappa shape index (κ2) is 3.30. The van der Waals surface area contributed by atoms with E-state index in [4.69, 9.17) is 0 Å². The van der Waals surface area contributed by atoms with Gasteiger partial charge in [-0.3, -0.25) is 0 Å². The highest BCUT2D eigenvalue weighted by molar-refractivity contribution is 5.40. The highest BCUT2D eigenvalue weighted by Gasteiger charge is 2.17. The van der Waals surface area contributed by atoms with Gasteiger partial charge in [-0.25, -0.2) is 0 Å². The lowest BCUT2D eigenvalue weighted by Crippen LogP contribution is -2.09. The standard InChI is InChI=1S/C12H15/c1-2-10-7-5-8-11-6-3-4-9-12(10)11/h3-4,6,9H,2,5,7-8H2,1H3. The van der Waals surface area contributed by atoms with Gasteiger partial charge in [0.2, 0.25) is 0 Å². The van der Waals surface area contributed by atoms with E-state index in [-0.39, 0.29) is 0 Å². The second-order valence-electron chi connectivity index (χ2n) is 3.47. The van der Waals surface area contributed by atoms with Crippen LogP contribution in [0.1, 0.15) is 37.3 Å². The maximum Gasteiger partial charge on any atom is 0.00500 e. The zero-order valence-corrected chi connectivity index (χ0v) is 7.64. The Bertz CT molecular complexity index is 262. The Kier molecular flexibility index (Phi) is 2.16.